The first-order chi connectivity index (χ1) is 7.45. The monoisotopic (exact) mass is 200 g/mol. The van der Waals surface area contributed by atoms with Crippen LogP contribution in [-0.4, -0.2) is 11.5 Å². The van der Waals surface area contributed by atoms with Gasteiger partial charge in [0, 0.05) is 23.1 Å². The first-order valence-corrected chi connectivity index (χ1v) is 5.74. The van der Waals surface area contributed by atoms with Gasteiger partial charge in [-0.05, 0) is 31.0 Å². The molecular weight excluding hydrogens is 184 g/mol. The van der Waals surface area contributed by atoms with E-state index in [9.17, 15) is 0 Å². The molecule has 0 bridgehead atoms. The molecule has 78 valence electrons. The predicted molar refractivity (Wildman–Crippen MR) is 62.9 cm³/mol. The molecule has 1 aromatic heterocycles. The van der Waals surface area contributed by atoms with Crippen molar-refractivity contribution >= 4 is 10.9 Å². The van der Waals surface area contributed by atoms with E-state index in [1.807, 2.05) is 0 Å². The smallest absolute Gasteiger partial charge is 0.0457 e. The van der Waals surface area contributed by atoms with Crippen molar-refractivity contribution < 1.29 is 0 Å². The molecule has 0 radical (unpaired) electrons. The maximum absolute atomic E-state index is 3.59. The van der Waals surface area contributed by atoms with Crippen LogP contribution in [0.4, 0.5) is 0 Å². The fourth-order valence-corrected chi connectivity index (χ4v) is 2.50. The van der Waals surface area contributed by atoms with Crippen LogP contribution in [0.15, 0.2) is 30.5 Å². The lowest BCUT2D eigenvalue weighted by atomic mass is 9.97. The zero-order valence-corrected chi connectivity index (χ0v) is 8.79. The van der Waals surface area contributed by atoms with Crippen molar-refractivity contribution in [2.24, 2.45) is 0 Å². The Hall–Kier alpha value is -1.28. The molecule has 1 saturated heterocycles. The molecule has 0 aliphatic carbocycles. The topological polar surface area (TPSA) is 27.8 Å². The van der Waals surface area contributed by atoms with Gasteiger partial charge in [0.2, 0.25) is 0 Å². The Morgan fingerprint density at radius 1 is 1.13 bits per heavy atom. The highest BCUT2D eigenvalue weighted by Crippen LogP contribution is 2.28. The molecule has 2 aromatic rings. The molecule has 2 heterocycles. The fourth-order valence-electron chi connectivity index (χ4n) is 2.50. The fraction of sp³-hybridized carbons (Fsp3) is 0.385. The highest BCUT2D eigenvalue weighted by atomic mass is 14.9. The Bertz CT molecular complexity index is 452. The Morgan fingerprint density at radius 2 is 2.07 bits per heavy atom. The highest BCUT2D eigenvalue weighted by Gasteiger charge is 2.17. The number of benzene rings is 1. The molecule has 1 atom stereocenters. The lowest BCUT2D eigenvalue weighted by molar-refractivity contribution is 0.414. The molecule has 0 saturated carbocycles. The molecule has 0 unspecified atom stereocenters. The normalized spacial score (nSPS) is 22.0. The summed E-state index contributed by atoms with van der Waals surface area (Å²) >= 11 is 0. The van der Waals surface area contributed by atoms with Crippen molar-refractivity contribution in [3.63, 3.8) is 0 Å². The second-order valence-corrected chi connectivity index (χ2v) is 4.29. The van der Waals surface area contributed by atoms with E-state index < -0.39 is 0 Å². The van der Waals surface area contributed by atoms with Gasteiger partial charge in [-0.2, -0.15) is 0 Å². The first kappa shape index (κ1) is 8.98. The van der Waals surface area contributed by atoms with E-state index in [4.69, 9.17) is 0 Å². The molecule has 1 aromatic carbocycles. The van der Waals surface area contributed by atoms with Gasteiger partial charge >= 0.3 is 0 Å². The van der Waals surface area contributed by atoms with Gasteiger partial charge in [0.05, 0.1) is 0 Å². The summed E-state index contributed by atoms with van der Waals surface area (Å²) in [4.78, 5) is 3.35. The van der Waals surface area contributed by atoms with Crippen molar-refractivity contribution in [3.8, 4) is 0 Å². The predicted octanol–water partition coefficient (Wildman–Crippen LogP) is 2.98. The Labute approximate surface area is 89.7 Å². The van der Waals surface area contributed by atoms with E-state index >= 15 is 0 Å². The summed E-state index contributed by atoms with van der Waals surface area (Å²) in [5, 5.41) is 4.97. The third-order valence-electron chi connectivity index (χ3n) is 3.31. The molecule has 0 spiro atoms. The van der Waals surface area contributed by atoms with Gasteiger partial charge in [-0.1, -0.05) is 24.6 Å². The Morgan fingerprint density at radius 3 is 2.93 bits per heavy atom. The van der Waals surface area contributed by atoms with Crippen molar-refractivity contribution in [2.45, 2.75) is 25.3 Å². The molecule has 2 nitrogen and oxygen atoms in total. The maximum Gasteiger partial charge on any atom is 0.0457 e. The van der Waals surface area contributed by atoms with E-state index in [-0.39, 0.29) is 0 Å². The Balaban J connectivity index is 2.02. The van der Waals surface area contributed by atoms with E-state index in [1.54, 1.807) is 0 Å². The molecule has 1 aliphatic heterocycles. The molecule has 0 amide bonds. The number of rotatable bonds is 1. The van der Waals surface area contributed by atoms with Crippen LogP contribution in [0, 0.1) is 0 Å². The van der Waals surface area contributed by atoms with Gasteiger partial charge in [0.15, 0.2) is 0 Å². The molecule has 1 fully saturated rings. The van der Waals surface area contributed by atoms with Crippen LogP contribution in [0.3, 0.4) is 0 Å². The van der Waals surface area contributed by atoms with Gasteiger partial charge < -0.3 is 10.3 Å². The van der Waals surface area contributed by atoms with Crippen molar-refractivity contribution in [3.05, 3.63) is 36.0 Å². The quantitative estimate of drug-likeness (QED) is 0.727. The zero-order valence-electron chi connectivity index (χ0n) is 8.79. The van der Waals surface area contributed by atoms with Crippen molar-refractivity contribution in [2.75, 3.05) is 6.54 Å². The molecule has 1 aliphatic rings. The standard InChI is InChI=1S/C13H16N2/c1-2-6-12-10(5-1)11(9-15-12)13-7-3-4-8-14-13/h1-2,5-6,9,13-15H,3-4,7-8H2/t13-/m1/s1. The third-order valence-corrected chi connectivity index (χ3v) is 3.31. The van der Waals surface area contributed by atoms with Crippen molar-refractivity contribution in [1.82, 2.24) is 10.3 Å². The van der Waals surface area contributed by atoms with Crippen LogP contribution in [-0.2, 0) is 0 Å². The number of H-pyrrole nitrogens is 1. The maximum atomic E-state index is 3.59. The van der Waals surface area contributed by atoms with Gasteiger partial charge in [0.1, 0.15) is 0 Å². The summed E-state index contributed by atoms with van der Waals surface area (Å²) in [6.45, 7) is 1.16. The van der Waals surface area contributed by atoms with Crippen LogP contribution < -0.4 is 5.32 Å². The van der Waals surface area contributed by atoms with Crippen LogP contribution in [0.5, 0.6) is 0 Å². The lowest BCUT2D eigenvalue weighted by Crippen LogP contribution is -2.26. The lowest BCUT2D eigenvalue weighted by Gasteiger charge is -2.23. The summed E-state index contributed by atoms with van der Waals surface area (Å²) in [5.74, 6) is 0. The third kappa shape index (κ3) is 1.55. The molecule has 15 heavy (non-hydrogen) atoms. The van der Waals surface area contributed by atoms with Crippen LogP contribution >= 0.6 is 0 Å². The van der Waals surface area contributed by atoms with Crippen LogP contribution in [0.2, 0.25) is 0 Å². The zero-order chi connectivity index (χ0) is 10.1. The SMILES string of the molecule is c1ccc2c([C@H]3CCCCN3)c[nH]c2c1. The van der Waals surface area contributed by atoms with Gasteiger partial charge in [-0.25, -0.2) is 0 Å². The number of aromatic amines is 1. The number of nitrogens with one attached hydrogen (secondary N) is 2. The second-order valence-electron chi connectivity index (χ2n) is 4.29. The minimum absolute atomic E-state index is 0.551. The molecule has 2 N–H and O–H groups in total. The van der Waals surface area contributed by atoms with Gasteiger partial charge in [-0.3, -0.25) is 0 Å². The summed E-state index contributed by atoms with van der Waals surface area (Å²) in [7, 11) is 0. The first-order valence-electron chi connectivity index (χ1n) is 5.74. The second kappa shape index (κ2) is 3.70. The minimum Gasteiger partial charge on any atom is -0.361 e. The van der Waals surface area contributed by atoms with E-state index in [0.717, 1.165) is 6.54 Å². The van der Waals surface area contributed by atoms with Gasteiger partial charge in [-0.15, -0.1) is 0 Å². The number of aromatic nitrogens is 1. The summed E-state index contributed by atoms with van der Waals surface area (Å²) < 4.78 is 0. The summed E-state index contributed by atoms with van der Waals surface area (Å²) in [6, 6.07) is 9.09. The van der Waals surface area contributed by atoms with E-state index in [1.165, 1.54) is 35.7 Å². The highest BCUT2D eigenvalue weighted by molar-refractivity contribution is 5.83. The molecular formula is C13H16N2. The number of piperidine rings is 1. The number of hydrogen-bond acceptors (Lipinski definition) is 1. The largest absolute Gasteiger partial charge is 0.361 e. The minimum atomic E-state index is 0.551. The molecule has 2 heteroatoms. The van der Waals surface area contributed by atoms with Crippen LogP contribution in [0.1, 0.15) is 30.9 Å². The van der Waals surface area contributed by atoms with Gasteiger partial charge in [0.25, 0.3) is 0 Å². The summed E-state index contributed by atoms with van der Waals surface area (Å²) in [5.41, 5.74) is 2.69. The average molecular weight is 200 g/mol. The number of hydrogen-bond donors (Lipinski definition) is 2. The average Bonchev–Trinajstić information content (AvgIpc) is 2.74. The van der Waals surface area contributed by atoms with E-state index in [0.29, 0.717) is 6.04 Å². The van der Waals surface area contributed by atoms with E-state index in [2.05, 4.69) is 40.8 Å². The number of para-hydroxylation sites is 1. The van der Waals surface area contributed by atoms with Crippen molar-refractivity contribution in [1.29, 1.82) is 0 Å². The molecule has 3 rings (SSSR count). The van der Waals surface area contributed by atoms with Crippen LogP contribution in [0.25, 0.3) is 10.9 Å². The summed E-state index contributed by atoms with van der Waals surface area (Å²) in [6.07, 6.45) is 6.09. The number of fused-ring (bicyclic) bond motifs is 1. The Kier molecular flexibility index (Phi) is 2.22.